The molecule has 1 atom stereocenters. The van der Waals surface area contributed by atoms with Crippen LogP contribution in [0.5, 0.6) is 0 Å². The summed E-state index contributed by atoms with van der Waals surface area (Å²) in [5.74, 6) is -2.20. The summed E-state index contributed by atoms with van der Waals surface area (Å²) in [4.78, 5) is 19.9. The number of aliphatic carboxylic acids is 2. The van der Waals surface area contributed by atoms with E-state index >= 15 is 0 Å². The number of carboxylic acids is 2. The van der Waals surface area contributed by atoms with Gasteiger partial charge in [0.05, 0.1) is 0 Å². The van der Waals surface area contributed by atoms with Crippen LogP contribution in [0.3, 0.4) is 0 Å². The van der Waals surface area contributed by atoms with E-state index in [1.165, 1.54) is 0 Å². The molecule has 0 saturated heterocycles. The Kier molecular flexibility index (Phi) is 7.57. The van der Waals surface area contributed by atoms with Crippen LogP contribution in [0.4, 0.5) is 0 Å². The van der Waals surface area contributed by atoms with Gasteiger partial charge in [-0.2, -0.15) is 0 Å². The molecule has 0 aliphatic rings. The molecule has 1 unspecified atom stereocenters. The maximum atomic E-state index is 9.99. The van der Waals surface area contributed by atoms with E-state index in [0.29, 0.717) is 0 Å². The van der Waals surface area contributed by atoms with E-state index in [4.69, 9.17) is 15.9 Å². The van der Waals surface area contributed by atoms with Gasteiger partial charge >= 0.3 is 11.9 Å². The van der Waals surface area contributed by atoms with Crippen molar-refractivity contribution in [2.75, 3.05) is 0 Å². The molecule has 0 rings (SSSR count). The number of carbonyl (C=O) groups is 2. The zero-order chi connectivity index (χ0) is 8.15. The van der Waals surface area contributed by atoms with Crippen molar-refractivity contribution in [2.45, 2.75) is 18.9 Å². The van der Waals surface area contributed by atoms with Crippen molar-refractivity contribution < 1.29 is 40.9 Å². The van der Waals surface area contributed by atoms with Crippen molar-refractivity contribution in [1.29, 1.82) is 0 Å². The summed E-state index contributed by atoms with van der Waals surface area (Å²) in [5.41, 5.74) is 5.00. The molecule has 0 bridgehead atoms. The second-order valence-corrected chi connectivity index (χ2v) is 1.88. The molecular formula is C5H9NO4Pt. The topological polar surface area (TPSA) is 101 Å². The fourth-order valence-corrected chi connectivity index (χ4v) is 0.402. The molecule has 0 aromatic heterocycles. The van der Waals surface area contributed by atoms with Gasteiger partial charge in [0.15, 0.2) is 0 Å². The van der Waals surface area contributed by atoms with Crippen LogP contribution < -0.4 is 5.73 Å². The van der Waals surface area contributed by atoms with E-state index in [1.807, 2.05) is 0 Å². The Bertz CT molecular complexity index is 149. The maximum absolute atomic E-state index is 9.99. The summed E-state index contributed by atoms with van der Waals surface area (Å²) in [6.45, 7) is 0. The summed E-state index contributed by atoms with van der Waals surface area (Å²) < 4.78 is 0. The van der Waals surface area contributed by atoms with E-state index in [9.17, 15) is 9.59 Å². The quantitative estimate of drug-likeness (QED) is 0.625. The van der Waals surface area contributed by atoms with Crippen LogP contribution in [0.1, 0.15) is 12.8 Å². The fraction of sp³-hybridized carbons (Fsp3) is 0.600. The first-order valence-corrected chi connectivity index (χ1v) is 2.74. The number of hydrogen-bond acceptors (Lipinski definition) is 3. The normalized spacial score (nSPS) is 11.4. The molecule has 0 aromatic rings. The van der Waals surface area contributed by atoms with E-state index in [0.717, 1.165) is 0 Å². The Labute approximate surface area is 77.8 Å². The molecule has 0 aliphatic carbocycles. The van der Waals surface area contributed by atoms with Gasteiger partial charge < -0.3 is 15.9 Å². The average Bonchev–Trinajstić information content (AvgIpc) is 1.82. The minimum Gasteiger partial charge on any atom is -0.481 e. The van der Waals surface area contributed by atoms with Gasteiger partial charge in [-0.25, -0.2) is 0 Å². The minimum absolute atomic E-state index is 0. The zero-order valence-electron chi connectivity index (χ0n) is 5.60. The molecule has 5 nitrogen and oxygen atoms in total. The first-order valence-electron chi connectivity index (χ1n) is 2.74. The van der Waals surface area contributed by atoms with Crippen LogP contribution in [0, 0.1) is 0 Å². The van der Waals surface area contributed by atoms with Gasteiger partial charge in [-0.15, -0.1) is 0 Å². The Morgan fingerprint density at radius 3 is 2.09 bits per heavy atom. The predicted molar refractivity (Wildman–Crippen MR) is 32.5 cm³/mol. The SMILES string of the molecule is NC(CCC(=O)O)C(=O)O.[Pt]. The average molecular weight is 342 g/mol. The standard InChI is InChI=1S/C5H9NO4.Pt/c6-3(5(9)10)1-2-4(7)8;/h3H,1-2,6H2,(H,7,8)(H,9,10);. The smallest absolute Gasteiger partial charge is 0.320 e. The van der Waals surface area contributed by atoms with Gasteiger partial charge in [0.2, 0.25) is 0 Å². The Morgan fingerprint density at radius 2 is 1.82 bits per heavy atom. The second-order valence-electron chi connectivity index (χ2n) is 1.88. The van der Waals surface area contributed by atoms with Gasteiger partial charge in [0.25, 0.3) is 0 Å². The van der Waals surface area contributed by atoms with Crippen LogP contribution in [0.15, 0.2) is 0 Å². The number of carboxylic acid groups (broad SMARTS) is 2. The molecule has 0 fully saturated rings. The summed E-state index contributed by atoms with van der Waals surface area (Å²) in [6, 6.07) is -1.06. The van der Waals surface area contributed by atoms with Gasteiger partial charge in [-0.3, -0.25) is 9.59 Å². The van der Waals surface area contributed by atoms with Crippen LogP contribution in [0.25, 0.3) is 0 Å². The zero-order valence-corrected chi connectivity index (χ0v) is 7.87. The summed E-state index contributed by atoms with van der Waals surface area (Å²) in [7, 11) is 0. The van der Waals surface area contributed by atoms with Crippen LogP contribution in [-0.2, 0) is 30.7 Å². The first-order chi connectivity index (χ1) is 4.54. The summed E-state index contributed by atoms with van der Waals surface area (Å²) in [5, 5.41) is 16.3. The van der Waals surface area contributed by atoms with E-state index in [2.05, 4.69) is 0 Å². The Morgan fingerprint density at radius 1 is 1.36 bits per heavy atom. The first kappa shape index (κ1) is 13.2. The number of hydrogen-bond donors (Lipinski definition) is 3. The van der Waals surface area contributed by atoms with Crippen LogP contribution in [0.2, 0.25) is 0 Å². The molecule has 0 heterocycles. The van der Waals surface area contributed by atoms with Crippen LogP contribution in [-0.4, -0.2) is 28.2 Å². The molecule has 0 aliphatic heterocycles. The summed E-state index contributed by atoms with van der Waals surface area (Å²) >= 11 is 0. The summed E-state index contributed by atoms with van der Waals surface area (Å²) in [6.07, 6.45) is -0.224. The van der Waals surface area contributed by atoms with E-state index in [-0.39, 0.29) is 33.9 Å². The van der Waals surface area contributed by atoms with Gasteiger partial charge in [-0.1, -0.05) is 0 Å². The third kappa shape index (κ3) is 7.49. The van der Waals surface area contributed by atoms with Crippen LogP contribution >= 0.6 is 0 Å². The van der Waals surface area contributed by atoms with Crippen molar-refractivity contribution in [3.8, 4) is 0 Å². The van der Waals surface area contributed by atoms with Crippen molar-refractivity contribution in [3.05, 3.63) is 0 Å². The Balaban J connectivity index is 0. The monoisotopic (exact) mass is 342 g/mol. The molecule has 4 N–H and O–H groups in total. The molecule has 0 spiro atoms. The van der Waals surface area contributed by atoms with Gasteiger partial charge in [0.1, 0.15) is 6.04 Å². The minimum atomic E-state index is -1.17. The molecular weight excluding hydrogens is 333 g/mol. The fourth-order valence-electron chi connectivity index (χ4n) is 0.402. The molecule has 6 heteroatoms. The van der Waals surface area contributed by atoms with Crippen molar-refractivity contribution in [3.63, 3.8) is 0 Å². The maximum Gasteiger partial charge on any atom is 0.320 e. The van der Waals surface area contributed by atoms with E-state index in [1.54, 1.807) is 0 Å². The van der Waals surface area contributed by atoms with Gasteiger partial charge in [0, 0.05) is 27.5 Å². The largest absolute Gasteiger partial charge is 0.481 e. The Hall–Kier alpha value is -0.412. The molecule has 0 amide bonds. The molecule has 0 radical (unpaired) electrons. The van der Waals surface area contributed by atoms with Crippen molar-refractivity contribution in [2.24, 2.45) is 5.73 Å². The molecule has 0 saturated carbocycles. The third-order valence-electron chi connectivity index (χ3n) is 0.986. The van der Waals surface area contributed by atoms with Gasteiger partial charge in [-0.05, 0) is 6.42 Å². The number of nitrogens with two attached hydrogens (primary N) is 1. The van der Waals surface area contributed by atoms with Crippen molar-refractivity contribution >= 4 is 11.9 Å². The molecule has 68 valence electrons. The van der Waals surface area contributed by atoms with Crippen molar-refractivity contribution in [1.82, 2.24) is 0 Å². The molecule has 0 aromatic carbocycles. The molecule has 11 heavy (non-hydrogen) atoms. The predicted octanol–water partition coefficient (Wildman–Crippen LogP) is -0.739. The number of rotatable bonds is 4. The third-order valence-corrected chi connectivity index (χ3v) is 0.986. The second kappa shape index (κ2) is 6.31. The van der Waals surface area contributed by atoms with E-state index < -0.39 is 18.0 Å².